The fourth-order valence-corrected chi connectivity index (χ4v) is 3.71. The second-order valence-corrected chi connectivity index (χ2v) is 8.44. The summed E-state index contributed by atoms with van der Waals surface area (Å²) in [5.74, 6) is 0.0905. The molecule has 7 heteroatoms. The van der Waals surface area contributed by atoms with E-state index in [4.69, 9.17) is 0 Å². The van der Waals surface area contributed by atoms with Gasteiger partial charge in [0.1, 0.15) is 0 Å². The van der Waals surface area contributed by atoms with Crippen molar-refractivity contribution in [2.24, 2.45) is 0 Å². The number of urea groups is 1. The quantitative estimate of drug-likeness (QED) is 0.730. The van der Waals surface area contributed by atoms with E-state index in [1.807, 2.05) is 64.4 Å². The van der Waals surface area contributed by atoms with Gasteiger partial charge in [-0.3, -0.25) is 19.8 Å². The fraction of sp³-hybridized carbons (Fsp3) is 0.400. The first-order valence-electron chi connectivity index (χ1n) is 11.1. The number of imide groups is 1. The Morgan fingerprint density at radius 3 is 2.09 bits per heavy atom. The van der Waals surface area contributed by atoms with E-state index in [0.717, 1.165) is 5.56 Å². The molecule has 1 heterocycles. The molecule has 2 aromatic carbocycles. The van der Waals surface area contributed by atoms with Crippen LogP contribution >= 0.6 is 0 Å². The molecule has 0 saturated carbocycles. The zero-order chi connectivity index (χ0) is 23.1. The Morgan fingerprint density at radius 2 is 1.50 bits per heavy atom. The van der Waals surface area contributed by atoms with Gasteiger partial charge in [-0.05, 0) is 36.1 Å². The number of nitrogens with zero attached hydrogens (tertiary/aromatic N) is 2. The van der Waals surface area contributed by atoms with Crippen molar-refractivity contribution >= 4 is 17.8 Å². The lowest BCUT2D eigenvalue weighted by molar-refractivity contribution is -0.125. The standard InChI is InChI=1S/C25H32N4O3/c1-18(2)21-9-11-22(12-10-21)24(31)29-15-13-28(14-16-29)19(3)23(30)27-25(32)26-17-20-7-5-4-6-8-20/h4-12,18-19H,13-17H2,1-3H3,(H2,26,27,30,32). The molecule has 2 aromatic rings. The van der Waals surface area contributed by atoms with Crippen LogP contribution in [0.2, 0.25) is 0 Å². The molecule has 170 valence electrons. The summed E-state index contributed by atoms with van der Waals surface area (Å²) in [7, 11) is 0. The maximum absolute atomic E-state index is 12.8. The van der Waals surface area contributed by atoms with Crippen LogP contribution in [0.3, 0.4) is 0 Å². The van der Waals surface area contributed by atoms with Crippen LogP contribution in [-0.2, 0) is 11.3 Å². The predicted molar refractivity (Wildman–Crippen MR) is 124 cm³/mol. The maximum atomic E-state index is 12.8. The number of hydrogen-bond acceptors (Lipinski definition) is 4. The average molecular weight is 437 g/mol. The fourth-order valence-electron chi connectivity index (χ4n) is 3.71. The molecule has 4 amide bonds. The highest BCUT2D eigenvalue weighted by molar-refractivity contribution is 5.97. The molecule has 3 rings (SSSR count). The Bertz CT molecular complexity index is 920. The minimum Gasteiger partial charge on any atom is -0.336 e. The van der Waals surface area contributed by atoms with Crippen molar-refractivity contribution in [1.29, 1.82) is 0 Å². The third-order valence-electron chi connectivity index (χ3n) is 5.89. The second kappa shape index (κ2) is 10.9. The highest BCUT2D eigenvalue weighted by Crippen LogP contribution is 2.17. The van der Waals surface area contributed by atoms with Gasteiger partial charge in [0, 0.05) is 38.3 Å². The van der Waals surface area contributed by atoms with E-state index in [1.165, 1.54) is 5.56 Å². The van der Waals surface area contributed by atoms with Gasteiger partial charge < -0.3 is 10.2 Å². The van der Waals surface area contributed by atoms with Gasteiger partial charge in [-0.25, -0.2) is 4.79 Å². The molecule has 0 aliphatic carbocycles. The summed E-state index contributed by atoms with van der Waals surface area (Å²) in [6.07, 6.45) is 0. The van der Waals surface area contributed by atoms with Crippen molar-refractivity contribution in [3.05, 3.63) is 71.3 Å². The predicted octanol–water partition coefficient (Wildman–Crippen LogP) is 2.98. The van der Waals surface area contributed by atoms with Gasteiger partial charge in [0.15, 0.2) is 0 Å². The van der Waals surface area contributed by atoms with Crippen molar-refractivity contribution in [2.45, 2.75) is 39.3 Å². The number of amides is 4. The summed E-state index contributed by atoms with van der Waals surface area (Å²) >= 11 is 0. The Hall–Kier alpha value is -3.19. The average Bonchev–Trinajstić information content (AvgIpc) is 2.82. The molecule has 1 atom stereocenters. The van der Waals surface area contributed by atoms with Gasteiger partial charge in [-0.2, -0.15) is 0 Å². The van der Waals surface area contributed by atoms with Crippen LogP contribution in [-0.4, -0.2) is 59.9 Å². The molecule has 0 bridgehead atoms. The Morgan fingerprint density at radius 1 is 0.875 bits per heavy atom. The molecule has 1 fully saturated rings. The van der Waals surface area contributed by atoms with Crippen LogP contribution in [0.1, 0.15) is 48.2 Å². The lowest BCUT2D eigenvalue weighted by atomic mass is 10.0. The van der Waals surface area contributed by atoms with E-state index in [2.05, 4.69) is 24.5 Å². The van der Waals surface area contributed by atoms with E-state index >= 15 is 0 Å². The molecule has 7 nitrogen and oxygen atoms in total. The van der Waals surface area contributed by atoms with Gasteiger partial charge in [0.05, 0.1) is 6.04 Å². The second-order valence-electron chi connectivity index (χ2n) is 8.44. The molecular formula is C25H32N4O3. The normalized spacial score (nSPS) is 15.3. The SMILES string of the molecule is CC(C)c1ccc(C(=O)N2CCN(C(C)C(=O)NC(=O)NCc3ccccc3)CC2)cc1. The molecule has 1 unspecified atom stereocenters. The third-order valence-corrected chi connectivity index (χ3v) is 5.89. The topological polar surface area (TPSA) is 81.8 Å². The Balaban J connectivity index is 1.44. The van der Waals surface area contributed by atoms with E-state index in [-0.39, 0.29) is 11.8 Å². The van der Waals surface area contributed by atoms with E-state index in [9.17, 15) is 14.4 Å². The van der Waals surface area contributed by atoms with Crippen LogP contribution in [0, 0.1) is 0 Å². The van der Waals surface area contributed by atoms with Crippen molar-refractivity contribution in [2.75, 3.05) is 26.2 Å². The number of hydrogen-bond donors (Lipinski definition) is 2. The summed E-state index contributed by atoms with van der Waals surface area (Å²) in [6.45, 7) is 8.63. The van der Waals surface area contributed by atoms with Crippen molar-refractivity contribution < 1.29 is 14.4 Å². The smallest absolute Gasteiger partial charge is 0.321 e. The summed E-state index contributed by atoms with van der Waals surface area (Å²) in [4.78, 5) is 41.2. The van der Waals surface area contributed by atoms with Crippen molar-refractivity contribution in [1.82, 2.24) is 20.4 Å². The lowest BCUT2D eigenvalue weighted by Gasteiger charge is -2.37. The van der Waals surface area contributed by atoms with Gasteiger partial charge in [0.25, 0.3) is 5.91 Å². The minimum absolute atomic E-state index is 0.0114. The number of benzene rings is 2. The van der Waals surface area contributed by atoms with Gasteiger partial charge in [0.2, 0.25) is 5.91 Å². The summed E-state index contributed by atoms with van der Waals surface area (Å²) in [5.41, 5.74) is 2.85. The number of piperazine rings is 1. The van der Waals surface area contributed by atoms with Gasteiger partial charge in [-0.1, -0.05) is 56.3 Å². The number of carbonyl (C=O) groups is 3. The van der Waals surface area contributed by atoms with E-state index in [1.54, 1.807) is 6.92 Å². The van der Waals surface area contributed by atoms with Crippen molar-refractivity contribution in [3.63, 3.8) is 0 Å². The molecule has 32 heavy (non-hydrogen) atoms. The van der Waals surface area contributed by atoms with E-state index < -0.39 is 12.1 Å². The van der Waals surface area contributed by atoms with Crippen LogP contribution in [0.5, 0.6) is 0 Å². The number of nitrogens with one attached hydrogen (secondary N) is 2. The number of carbonyl (C=O) groups excluding carboxylic acids is 3. The molecule has 0 aromatic heterocycles. The first-order chi connectivity index (χ1) is 15.3. The maximum Gasteiger partial charge on any atom is 0.321 e. The first kappa shape index (κ1) is 23.5. The summed E-state index contributed by atoms with van der Waals surface area (Å²) < 4.78 is 0. The molecule has 1 saturated heterocycles. The van der Waals surface area contributed by atoms with Crippen LogP contribution in [0.15, 0.2) is 54.6 Å². The molecule has 0 radical (unpaired) electrons. The largest absolute Gasteiger partial charge is 0.336 e. The highest BCUT2D eigenvalue weighted by Gasteiger charge is 2.28. The zero-order valence-corrected chi connectivity index (χ0v) is 19.0. The van der Waals surface area contributed by atoms with Crippen LogP contribution in [0.4, 0.5) is 4.79 Å². The molecule has 1 aliphatic rings. The Labute approximate surface area is 189 Å². The number of rotatable bonds is 6. The molecule has 0 spiro atoms. The van der Waals surface area contributed by atoms with Crippen molar-refractivity contribution in [3.8, 4) is 0 Å². The third kappa shape index (κ3) is 6.17. The van der Waals surface area contributed by atoms with Crippen LogP contribution in [0.25, 0.3) is 0 Å². The monoisotopic (exact) mass is 436 g/mol. The molecule has 1 aliphatic heterocycles. The minimum atomic E-state index is -0.510. The Kier molecular flexibility index (Phi) is 8.00. The van der Waals surface area contributed by atoms with Crippen LogP contribution < -0.4 is 10.6 Å². The van der Waals surface area contributed by atoms with Gasteiger partial charge >= 0.3 is 6.03 Å². The van der Waals surface area contributed by atoms with E-state index in [0.29, 0.717) is 44.2 Å². The summed E-state index contributed by atoms with van der Waals surface area (Å²) in [5, 5.41) is 5.11. The zero-order valence-electron chi connectivity index (χ0n) is 19.0. The first-order valence-corrected chi connectivity index (χ1v) is 11.1. The van der Waals surface area contributed by atoms with Gasteiger partial charge in [-0.15, -0.1) is 0 Å². The lowest BCUT2D eigenvalue weighted by Crippen LogP contribution is -2.56. The molecule has 2 N–H and O–H groups in total. The summed E-state index contributed by atoms with van der Waals surface area (Å²) in [6, 6.07) is 16.3. The highest BCUT2D eigenvalue weighted by atomic mass is 16.2. The molecular weight excluding hydrogens is 404 g/mol.